The predicted molar refractivity (Wildman–Crippen MR) is 82.8 cm³/mol. The van der Waals surface area contributed by atoms with Gasteiger partial charge in [0.05, 0.1) is 18.6 Å². The average molecular weight is 320 g/mol. The zero-order valence-electron chi connectivity index (χ0n) is 13.3. The van der Waals surface area contributed by atoms with Crippen molar-refractivity contribution in [2.75, 3.05) is 32.7 Å². The van der Waals surface area contributed by atoms with Crippen LogP contribution in [0.25, 0.3) is 0 Å². The number of hydrogen-bond donors (Lipinski definition) is 1. The van der Waals surface area contributed by atoms with Gasteiger partial charge in [-0.05, 0) is 38.9 Å². The van der Waals surface area contributed by atoms with Gasteiger partial charge in [0.1, 0.15) is 11.5 Å². The number of piperidine rings is 1. The molecule has 4 aliphatic heterocycles. The maximum Gasteiger partial charge on any atom is 0.310 e. The molecular weight excluding hydrogens is 296 g/mol. The summed E-state index contributed by atoms with van der Waals surface area (Å²) in [5.41, 5.74) is -0.685. The van der Waals surface area contributed by atoms with E-state index in [1.54, 1.807) is 0 Å². The Morgan fingerprint density at radius 1 is 1.30 bits per heavy atom. The van der Waals surface area contributed by atoms with Crippen molar-refractivity contribution in [3.8, 4) is 0 Å². The second-order valence-corrected chi connectivity index (χ2v) is 7.25. The van der Waals surface area contributed by atoms with Crippen LogP contribution < -0.4 is 0 Å². The van der Waals surface area contributed by atoms with E-state index in [9.17, 15) is 14.7 Å². The molecule has 0 aliphatic carbocycles. The van der Waals surface area contributed by atoms with Crippen LogP contribution in [-0.4, -0.2) is 71.2 Å². The number of carbonyl (C=O) groups is 2. The van der Waals surface area contributed by atoms with Crippen molar-refractivity contribution in [3.63, 3.8) is 0 Å². The molecule has 0 saturated carbocycles. The first-order valence-electron chi connectivity index (χ1n) is 8.72. The van der Waals surface area contributed by atoms with Gasteiger partial charge in [0, 0.05) is 6.54 Å². The van der Waals surface area contributed by atoms with Gasteiger partial charge in [0.2, 0.25) is 5.91 Å². The molecule has 4 atom stereocenters. The predicted octanol–water partition coefficient (Wildman–Crippen LogP) is 0.729. The van der Waals surface area contributed by atoms with E-state index in [4.69, 9.17) is 4.74 Å². The fraction of sp³-hybridized carbons (Fsp3) is 0.765. The average Bonchev–Trinajstić information content (AvgIpc) is 3.17. The molecule has 3 saturated heterocycles. The third-order valence-corrected chi connectivity index (χ3v) is 5.81. The molecule has 4 heterocycles. The van der Waals surface area contributed by atoms with Crippen molar-refractivity contribution in [3.05, 3.63) is 12.2 Å². The lowest BCUT2D eigenvalue weighted by Crippen LogP contribution is -2.39. The Bertz CT molecular complexity index is 543. The lowest BCUT2D eigenvalue weighted by atomic mass is 9.77. The normalized spacial score (nSPS) is 39.2. The van der Waals surface area contributed by atoms with E-state index in [0.717, 1.165) is 26.1 Å². The third kappa shape index (κ3) is 2.39. The first-order chi connectivity index (χ1) is 11.1. The van der Waals surface area contributed by atoms with Crippen molar-refractivity contribution >= 4 is 11.9 Å². The first-order valence-corrected chi connectivity index (χ1v) is 8.72. The highest BCUT2D eigenvalue weighted by Gasteiger charge is 2.66. The minimum absolute atomic E-state index is 0.0390. The number of fused-ring (bicyclic) bond motifs is 1. The number of carbonyl (C=O) groups excluding carboxylic acids is 1. The van der Waals surface area contributed by atoms with Gasteiger partial charge >= 0.3 is 5.97 Å². The van der Waals surface area contributed by atoms with E-state index in [2.05, 4.69) is 4.90 Å². The van der Waals surface area contributed by atoms with Crippen molar-refractivity contribution in [1.82, 2.24) is 9.80 Å². The first kappa shape index (κ1) is 15.1. The van der Waals surface area contributed by atoms with Gasteiger partial charge in [-0.3, -0.25) is 9.59 Å². The Kier molecular flexibility index (Phi) is 3.69. The van der Waals surface area contributed by atoms with Gasteiger partial charge in [0.25, 0.3) is 0 Å². The third-order valence-electron chi connectivity index (χ3n) is 5.81. The molecule has 0 aromatic heterocycles. The summed E-state index contributed by atoms with van der Waals surface area (Å²) in [6.45, 7) is 4.54. The van der Waals surface area contributed by atoms with Crippen LogP contribution in [0.4, 0.5) is 0 Å². The Labute approximate surface area is 136 Å². The standard InChI is InChI=1S/C17H24N2O4/c20-15-14-13(16(21)22)12-5-6-17(14,23-12)11-19(15)10-4-9-18-7-2-1-3-8-18/h5-6,12-14H,1-4,7-11H2,(H,21,22). The number of aliphatic carboxylic acids is 1. The molecule has 4 aliphatic rings. The van der Waals surface area contributed by atoms with E-state index < -0.39 is 29.5 Å². The Morgan fingerprint density at radius 3 is 2.83 bits per heavy atom. The molecular formula is C17H24N2O4. The number of hydrogen-bond acceptors (Lipinski definition) is 4. The van der Waals surface area contributed by atoms with Crippen LogP contribution in [0.3, 0.4) is 0 Å². The van der Waals surface area contributed by atoms with Crippen LogP contribution in [0.15, 0.2) is 12.2 Å². The Balaban J connectivity index is 1.38. The van der Waals surface area contributed by atoms with Gasteiger partial charge in [-0.25, -0.2) is 0 Å². The van der Waals surface area contributed by atoms with Crippen LogP contribution in [-0.2, 0) is 14.3 Å². The molecule has 3 fully saturated rings. The second-order valence-electron chi connectivity index (χ2n) is 7.25. The number of carboxylic acids is 1. The number of nitrogens with zero attached hydrogens (tertiary/aromatic N) is 2. The Morgan fingerprint density at radius 2 is 2.09 bits per heavy atom. The second kappa shape index (κ2) is 5.60. The molecule has 126 valence electrons. The van der Waals surface area contributed by atoms with E-state index >= 15 is 0 Å². The molecule has 1 amide bonds. The minimum Gasteiger partial charge on any atom is -0.481 e. The number of carboxylic acid groups (broad SMARTS) is 1. The smallest absolute Gasteiger partial charge is 0.310 e. The lowest BCUT2D eigenvalue weighted by molar-refractivity contribution is -0.148. The summed E-state index contributed by atoms with van der Waals surface area (Å²) in [7, 11) is 0. The SMILES string of the molecule is O=C(O)C1C2C=CC3(CN(CCCN4CCCCC4)C(=O)C13)O2. The molecule has 23 heavy (non-hydrogen) atoms. The molecule has 4 unspecified atom stereocenters. The van der Waals surface area contributed by atoms with Gasteiger partial charge in [-0.2, -0.15) is 0 Å². The van der Waals surface area contributed by atoms with Crippen LogP contribution >= 0.6 is 0 Å². The summed E-state index contributed by atoms with van der Waals surface area (Å²) < 4.78 is 5.89. The van der Waals surface area contributed by atoms with Crippen molar-refractivity contribution < 1.29 is 19.4 Å². The van der Waals surface area contributed by atoms with Crippen LogP contribution in [0.1, 0.15) is 25.7 Å². The zero-order valence-corrected chi connectivity index (χ0v) is 13.3. The molecule has 0 aromatic rings. The zero-order chi connectivity index (χ0) is 16.0. The monoisotopic (exact) mass is 320 g/mol. The molecule has 0 aromatic carbocycles. The number of ether oxygens (including phenoxy) is 1. The van der Waals surface area contributed by atoms with E-state index in [0.29, 0.717) is 13.1 Å². The summed E-state index contributed by atoms with van der Waals surface area (Å²) >= 11 is 0. The van der Waals surface area contributed by atoms with Crippen molar-refractivity contribution in [1.29, 1.82) is 0 Å². The molecule has 6 nitrogen and oxygen atoms in total. The molecule has 6 heteroatoms. The number of rotatable bonds is 5. The van der Waals surface area contributed by atoms with E-state index in [1.165, 1.54) is 19.3 Å². The molecule has 0 radical (unpaired) electrons. The largest absolute Gasteiger partial charge is 0.481 e. The summed E-state index contributed by atoms with van der Waals surface area (Å²) in [4.78, 5) is 28.5. The van der Waals surface area contributed by atoms with Crippen LogP contribution in [0.5, 0.6) is 0 Å². The molecule has 2 bridgehead atoms. The number of likely N-dealkylation sites (tertiary alicyclic amines) is 2. The summed E-state index contributed by atoms with van der Waals surface area (Å²) in [5, 5.41) is 9.44. The van der Waals surface area contributed by atoms with Gasteiger partial charge < -0.3 is 19.6 Å². The maximum atomic E-state index is 12.7. The number of amides is 1. The van der Waals surface area contributed by atoms with E-state index in [1.807, 2.05) is 17.1 Å². The van der Waals surface area contributed by atoms with Gasteiger partial charge in [-0.15, -0.1) is 0 Å². The summed E-state index contributed by atoms with van der Waals surface area (Å²) in [6.07, 6.45) is 8.12. The van der Waals surface area contributed by atoms with Gasteiger partial charge in [0.15, 0.2) is 0 Å². The summed E-state index contributed by atoms with van der Waals surface area (Å²) in [5.74, 6) is -2.22. The fourth-order valence-corrected chi connectivity index (χ4v) is 4.72. The highest BCUT2D eigenvalue weighted by atomic mass is 16.5. The maximum absolute atomic E-state index is 12.7. The van der Waals surface area contributed by atoms with Gasteiger partial charge in [-0.1, -0.05) is 18.6 Å². The molecule has 4 rings (SSSR count). The topological polar surface area (TPSA) is 70.1 Å². The van der Waals surface area contributed by atoms with E-state index in [-0.39, 0.29) is 5.91 Å². The van der Waals surface area contributed by atoms with Crippen molar-refractivity contribution in [2.24, 2.45) is 11.8 Å². The lowest BCUT2D eigenvalue weighted by Gasteiger charge is -2.27. The summed E-state index contributed by atoms with van der Waals surface area (Å²) in [6, 6.07) is 0. The molecule has 1 N–H and O–H groups in total. The Hall–Kier alpha value is -1.40. The highest BCUT2D eigenvalue weighted by Crippen LogP contribution is 2.51. The van der Waals surface area contributed by atoms with Crippen molar-refractivity contribution in [2.45, 2.75) is 37.4 Å². The van der Waals surface area contributed by atoms with Crippen LogP contribution in [0, 0.1) is 11.8 Å². The van der Waals surface area contributed by atoms with Crippen LogP contribution in [0.2, 0.25) is 0 Å². The minimum atomic E-state index is -0.922. The molecule has 1 spiro atoms. The quantitative estimate of drug-likeness (QED) is 0.756. The highest BCUT2D eigenvalue weighted by molar-refractivity contribution is 5.90. The fourth-order valence-electron chi connectivity index (χ4n) is 4.72.